The minimum absolute atomic E-state index is 0.0524. The molecule has 0 bridgehead atoms. The Balaban J connectivity index is 1.35. The van der Waals surface area contributed by atoms with Crippen molar-refractivity contribution in [3.05, 3.63) is 88.1 Å². The first kappa shape index (κ1) is 27.5. The van der Waals surface area contributed by atoms with Crippen molar-refractivity contribution in [3.8, 4) is 5.69 Å². The topological polar surface area (TPSA) is 121 Å². The number of anilines is 2. The predicted octanol–water partition coefficient (Wildman–Crippen LogP) is 3.30. The van der Waals surface area contributed by atoms with Crippen molar-refractivity contribution in [1.82, 2.24) is 9.47 Å². The SMILES string of the molecule is O=C(Nc1ccc(Cl)cc1)[C@@H]1[C@H](C(=O)Nc2ccc(-n3ccccc3=O)cc2F)[C@H]1C(=O)N1CCCC(CO)C1. The Hall–Kier alpha value is -4.02. The van der Waals surface area contributed by atoms with Crippen LogP contribution in [0.2, 0.25) is 5.02 Å². The summed E-state index contributed by atoms with van der Waals surface area (Å²) in [5.41, 5.74) is 0.270. The fourth-order valence-corrected chi connectivity index (χ4v) is 5.39. The molecule has 1 aliphatic heterocycles. The van der Waals surface area contributed by atoms with Crippen molar-refractivity contribution in [3.63, 3.8) is 0 Å². The smallest absolute Gasteiger partial charge is 0.255 e. The number of pyridine rings is 1. The van der Waals surface area contributed by atoms with Crippen LogP contribution >= 0.6 is 11.6 Å². The second kappa shape index (κ2) is 11.6. The molecule has 2 aliphatic rings. The van der Waals surface area contributed by atoms with E-state index in [1.807, 2.05) is 0 Å². The average molecular weight is 567 g/mol. The number of hydrogen-bond donors (Lipinski definition) is 3. The molecule has 2 aromatic carbocycles. The van der Waals surface area contributed by atoms with Gasteiger partial charge in [0.05, 0.1) is 29.1 Å². The molecular weight excluding hydrogens is 539 g/mol. The Kier molecular flexibility index (Phi) is 7.99. The van der Waals surface area contributed by atoms with E-state index >= 15 is 0 Å². The summed E-state index contributed by atoms with van der Waals surface area (Å²) in [5.74, 6) is -5.22. The van der Waals surface area contributed by atoms with Crippen molar-refractivity contribution in [2.24, 2.45) is 23.7 Å². The zero-order valence-corrected chi connectivity index (χ0v) is 22.2. The van der Waals surface area contributed by atoms with Crippen LogP contribution < -0.4 is 16.2 Å². The number of aliphatic hydroxyl groups is 1. The number of likely N-dealkylation sites (tertiary alicyclic amines) is 1. The van der Waals surface area contributed by atoms with Crippen LogP contribution in [0.15, 0.2) is 71.7 Å². The molecule has 0 radical (unpaired) electrons. The van der Waals surface area contributed by atoms with Crippen molar-refractivity contribution < 1.29 is 23.9 Å². The van der Waals surface area contributed by atoms with E-state index in [-0.39, 0.29) is 35.4 Å². The minimum Gasteiger partial charge on any atom is -0.396 e. The van der Waals surface area contributed by atoms with Crippen LogP contribution in [0.5, 0.6) is 0 Å². The molecule has 1 aromatic heterocycles. The number of hydrogen-bond acceptors (Lipinski definition) is 5. The van der Waals surface area contributed by atoms with Gasteiger partial charge in [-0.2, -0.15) is 0 Å². The van der Waals surface area contributed by atoms with Gasteiger partial charge in [-0.3, -0.25) is 23.7 Å². The summed E-state index contributed by atoms with van der Waals surface area (Å²) in [7, 11) is 0. The quantitative estimate of drug-likeness (QED) is 0.405. The fraction of sp³-hybridized carbons (Fsp3) is 0.310. The Bertz CT molecular complexity index is 1490. The highest BCUT2D eigenvalue weighted by Crippen LogP contribution is 2.49. The maximum atomic E-state index is 15.0. The number of nitrogens with zero attached hydrogens (tertiary/aromatic N) is 2. The molecular formula is C29H28ClFN4O5. The monoisotopic (exact) mass is 566 g/mol. The lowest BCUT2D eigenvalue weighted by molar-refractivity contribution is -0.136. The molecule has 5 rings (SSSR count). The highest BCUT2D eigenvalue weighted by molar-refractivity contribution is 6.30. The third-order valence-electron chi connectivity index (χ3n) is 7.42. The number of benzene rings is 2. The fourth-order valence-electron chi connectivity index (χ4n) is 5.27. The molecule has 3 N–H and O–H groups in total. The number of piperidine rings is 1. The van der Waals surface area contributed by atoms with Gasteiger partial charge in [0.2, 0.25) is 17.7 Å². The average Bonchev–Trinajstić information content (AvgIpc) is 3.71. The Morgan fingerprint density at radius 3 is 2.38 bits per heavy atom. The van der Waals surface area contributed by atoms with Gasteiger partial charge in [-0.25, -0.2) is 4.39 Å². The number of aliphatic hydroxyl groups excluding tert-OH is 1. The number of halogens is 2. The second-order valence-corrected chi connectivity index (χ2v) is 10.5. The molecule has 1 aliphatic carbocycles. The predicted molar refractivity (Wildman–Crippen MR) is 148 cm³/mol. The number of carbonyl (C=O) groups is 3. The van der Waals surface area contributed by atoms with Gasteiger partial charge < -0.3 is 20.6 Å². The lowest BCUT2D eigenvalue weighted by Crippen LogP contribution is -2.42. The van der Waals surface area contributed by atoms with E-state index in [1.165, 1.54) is 29.0 Å². The van der Waals surface area contributed by atoms with E-state index in [2.05, 4.69) is 10.6 Å². The molecule has 4 atom stereocenters. The minimum atomic E-state index is -1.01. The summed E-state index contributed by atoms with van der Waals surface area (Å²) in [6.07, 6.45) is 3.01. The molecule has 3 amide bonds. The van der Waals surface area contributed by atoms with Crippen molar-refractivity contribution in [2.75, 3.05) is 30.3 Å². The summed E-state index contributed by atoms with van der Waals surface area (Å²) in [4.78, 5) is 53.7. The summed E-state index contributed by atoms with van der Waals surface area (Å²) in [6.45, 7) is 0.768. The van der Waals surface area contributed by atoms with E-state index in [0.717, 1.165) is 12.5 Å². The normalized spacial score (nSPS) is 21.9. The van der Waals surface area contributed by atoms with Gasteiger partial charge in [0.1, 0.15) is 5.82 Å². The van der Waals surface area contributed by atoms with Crippen LogP contribution in [0.1, 0.15) is 12.8 Å². The zero-order valence-electron chi connectivity index (χ0n) is 21.4. The number of rotatable bonds is 7. The van der Waals surface area contributed by atoms with Gasteiger partial charge in [-0.15, -0.1) is 0 Å². The van der Waals surface area contributed by atoms with E-state index in [9.17, 15) is 28.7 Å². The number of nitrogens with one attached hydrogen (secondary N) is 2. The molecule has 1 saturated carbocycles. The maximum Gasteiger partial charge on any atom is 0.255 e. The Morgan fingerprint density at radius 2 is 1.70 bits per heavy atom. The van der Waals surface area contributed by atoms with Crippen molar-refractivity contribution in [2.45, 2.75) is 12.8 Å². The second-order valence-electron chi connectivity index (χ2n) is 10.1. The molecule has 1 saturated heterocycles. The van der Waals surface area contributed by atoms with Crippen molar-refractivity contribution in [1.29, 1.82) is 0 Å². The molecule has 11 heteroatoms. The molecule has 40 heavy (non-hydrogen) atoms. The van der Waals surface area contributed by atoms with E-state index in [0.29, 0.717) is 30.2 Å². The molecule has 0 spiro atoms. The van der Waals surface area contributed by atoms with E-state index < -0.39 is 35.4 Å². The first-order valence-corrected chi connectivity index (χ1v) is 13.4. The first-order chi connectivity index (χ1) is 19.3. The standard InChI is InChI=1S/C29H28ClFN4O5/c30-18-6-8-19(9-7-18)32-27(38)24-25(26(24)29(40)34-12-3-4-17(15-34)16-36)28(39)33-22-11-10-20(14-21(22)31)35-13-2-1-5-23(35)37/h1-2,5-11,13-14,17,24-26,36H,3-4,12,15-16H2,(H,32,38)(H,33,39)/t17?,24-,25+,26+/m1/s1. The zero-order chi connectivity index (χ0) is 28.4. The molecule has 2 heterocycles. The van der Waals surface area contributed by atoms with Crippen LogP contribution in [-0.4, -0.2) is 52.0 Å². The molecule has 9 nitrogen and oxygen atoms in total. The van der Waals surface area contributed by atoms with E-state index in [1.54, 1.807) is 41.3 Å². The van der Waals surface area contributed by atoms with Gasteiger partial charge in [-0.1, -0.05) is 17.7 Å². The number of carbonyl (C=O) groups excluding carboxylic acids is 3. The van der Waals surface area contributed by atoms with Crippen LogP contribution in [0.25, 0.3) is 5.69 Å². The van der Waals surface area contributed by atoms with Crippen LogP contribution in [-0.2, 0) is 14.4 Å². The van der Waals surface area contributed by atoms with Gasteiger partial charge in [-0.05, 0) is 61.2 Å². The number of amides is 3. The Labute approximate surface area is 234 Å². The summed E-state index contributed by atoms with van der Waals surface area (Å²) >= 11 is 5.92. The van der Waals surface area contributed by atoms with Gasteiger partial charge >= 0.3 is 0 Å². The highest BCUT2D eigenvalue weighted by atomic mass is 35.5. The largest absolute Gasteiger partial charge is 0.396 e. The van der Waals surface area contributed by atoms with Crippen molar-refractivity contribution >= 4 is 40.7 Å². The highest BCUT2D eigenvalue weighted by Gasteiger charge is 2.63. The van der Waals surface area contributed by atoms with Gasteiger partial charge in [0.15, 0.2) is 0 Å². The van der Waals surface area contributed by atoms with Crippen LogP contribution in [0.3, 0.4) is 0 Å². The lowest BCUT2D eigenvalue weighted by Gasteiger charge is -2.32. The summed E-state index contributed by atoms with van der Waals surface area (Å²) in [6, 6.07) is 14.9. The van der Waals surface area contributed by atoms with E-state index in [4.69, 9.17) is 11.6 Å². The molecule has 1 unspecified atom stereocenters. The lowest BCUT2D eigenvalue weighted by atomic mass is 9.98. The number of aromatic nitrogens is 1. The van der Waals surface area contributed by atoms with Gasteiger partial charge in [0.25, 0.3) is 5.56 Å². The maximum absolute atomic E-state index is 15.0. The third-order valence-corrected chi connectivity index (χ3v) is 7.67. The molecule has 2 fully saturated rings. The third kappa shape index (κ3) is 5.78. The Morgan fingerprint density at radius 1 is 0.975 bits per heavy atom. The molecule has 3 aromatic rings. The van der Waals surface area contributed by atoms with Crippen LogP contribution in [0.4, 0.5) is 15.8 Å². The molecule has 208 valence electrons. The van der Waals surface area contributed by atoms with Crippen LogP contribution in [0, 0.1) is 29.5 Å². The summed E-state index contributed by atoms with van der Waals surface area (Å²) < 4.78 is 16.3. The summed E-state index contributed by atoms with van der Waals surface area (Å²) in [5, 5.41) is 15.3. The van der Waals surface area contributed by atoms with Gasteiger partial charge in [0, 0.05) is 48.7 Å². The first-order valence-electron chi connectivity index (χ1n) is 13.0.